The molecule has 9 heteroatoms. The third-order valence-electron chi connectivity index (χ3n) is 1.97. The van der Waals surface area contributed by atoms with Gasteiger partial charge < -0.3 is 5.32 Å². The first-order valence-electron chi connectivity index (χ1n) is 5.07. The molecule has 0 amide bonds. The van der Waals surface area contributed by atoms with Crippen LogP contribution in [0.1, 0.15) is 5.56 Å². The van der Waals surface area contributed by atoms with Crippen molar-refractivity contribution in [3.63, 3.8) is 0 Å². The number of nitrogens with one attached hydrogen (secondary N) is 3. The number of halogens is 5. The summed E-state index contributed by atoms with van der Waals surface area (Å²) in [6, 6.07) is 3.33. The standard InChI is InChI=1S/C10H10BrClF3N3S/c11-3-4-16-9(19)18-17-6-1-2-7(8(12)5-6)10(13,14)15/h1-2,5,17H,3-4H2,(H2,16,18,19). The highest BCUT2D eigenvalue weighted by Gasteiger charge is 2.32. The molecular formula is C10H10BrClF3N3S. The highest BCUT2D eigenvalue weighted by atomic mass is 79.9. The summed E-state index contributed by atoms with van der Waals surface area (Å²) >= 11 is 13.7. The van der Waals surface area contributed by atoms with Crippen LogP contribution in [0.5, 0.6) is 0 Å². The van der Waals surface area contributed by atoms with E-state index in [4.69, 9.17) is 23.8 Å². The first-order valence-corrected chi connectivity index (χ1v) is 6.98. The first-order chi connectivity index (χ1) is 8.84. The highest BCUT2D eigenvalue weighted by molar-refractivity contribution is 9.09. The van der Waals surface area contributed by atoms with Gasteiger partial charge in [0.05, 0.1) is 16.3 Å². The number of hydrogen-bond donors (Lipinski definition) is 3. The highest BCUT2D eigenvalue weighted by Crippen LogP contribution is 2.35. The van der Waals surface area contributed by atoms with Crippen LogP contribution in [0.4, 0.5) is 18.9 Å². The van der Waals surface area contributed by atoms with Gasteiger partial charge in [-0.15, -0.1) is 0 Å². The topological polar surface area (TPSA) is 36.1 Å². The number of rotatable bonds is 4. The third-order valence-corrected chi connectivity index (χ3v) is 2.93. The zero-order valence-corrected chi connectivity index (χ0v) is 12.6. The van der Waals surface area contributed by atoms with Crippen LogP contribution in [0.2, 0.25) is 5.02 Å². The second kappa shape index (κ2) is 7.16. The lowest BCUT2D eigenvalue weighted by molar-refractivity contribution is -0.137. The molecule has 0 heterocycles. The SMILES string of the molecule is FC(F)(F)c1ccc(NNC(=S)NCCBr)cc1Cl. The molecule has 0 atom stereocenters. The van der Waals surface area contributed by atoms with Crippen LogP contribution in [0.15, 0.2) is 18.2 Å². The van der Waals surface area contributed by atoms with Gasteiger partial charge in [0, 0.05) is 11.9 Å². The molecule has 0 bridgehead atoms. The Bertz CT molecular complexity index is 456. The summed E-state index contributed by atoms with van der Waals surface area (Å²) in [6.07, 6.45) is -4.46. The van der Waals surface area contributed by atoms with Gasteiger partial charge in [-0.2, -0.15) is 13.2 Å². The predicted molar refractivity (Wildman–Crippen MR) is 77.6 cm³/mol. The molecular weight excluding hydrogens is 367 g/mol. The Morgan fingerprint density at radius 1 is 1.37 bits per heavy atom. The molecule has 3 N–H and O–H groups in total. The van der Waals surface area contributed by atoms with Crippen LogP contribution in [-0.2, 0) is 6.18 Å². The second-order valence-electron chi connectivity index (χ2n) is 3.39. The third kappa shape index (κ3) is 5.42. The van der Waals surface area contributed by atoms with Crippen molar-refractivity contribution in [3.8, 4) is 0 Å². The predicted octanol–water partition coefficient (Wildman–Crippen LogP) is 3.54. The maximum atomic E-state index is 12.5. The van der Waals surface area contributed by atoms with Crippen LogP contribution in [0.3, 0.4) is 0 Å². The van der Waals surface area contributed by atoms with Gasteiger partial charge in [-0.3, -0.25) is 10.9 Å². The largest absolute Gasteiger partial charge is 0.417 e. The molecule has 0 aromatic heterocycles. The van der Waals surface area contributed by atoms with Gasteiger partial charge in [-0.25, -0.2) is 0 Å². The minimum atomic E-state index is -4.46. The van der Waals surface area contributed by atoms with E-state index >= 15 is 0 Å². The molecule has 0 aliphatic rings. The summed E-state index contributed by atoms with van der Waals surface area (Å²) in [5.74, 6) is 0. The lowest BCUT2D eigenvalue weighted by Gasteiger charge is -2.14. The van der Waals surface area contributed by atoms with Crippen molar-refractivity contribution in [1.82, 2.24) is 10.7 Å². The average molecular weight is 377 g/mol. The van der Waals surface area contributed by atoms with Crippen LogP contribution in [-0.4, -0.2) is 17.0 Å². The number of hydrazine groups is 1. The number of benzene rings is 1. The maximum absolute atomic E-state index is 12.5. The normalized spacial score (nSPS) is 11.0. The minimum Gasteiger partial charge on any atom is -0.361 e. The molecule has 0 aliphatic heterocycles. The number of hydrogen-bond acceptors (Lipinski definition) is 2. The minimum absolute atomic E-state index is 0.329. The lowest BCUT2D eigenvalue weighted by Crippen LogP contribution is -2.39. The smallest absolute Gasteiger partial charge is 0.361 e. The summed E-state index contributed by atoms with van der Waals surface area (Å²) in [4.78, 5) is 0. The van der Waals surface area contributed by atoms with Gasteiger partial charge in [0.1, 0.15) is 0 Å². The van der Waals surface area contributed by atoms with E-state index in [0.717, 1.165) is 11.4 Å². The van der Waals surface area contributed by atoms with Crippen LogP contribution in [0, 0.1) is 0 Å². The Balaban J connectivity index is 2.62. The molecule has 0 fully saturated rings. The Morgan fingerprint density at radius 3 is 2.58 bits per heavy atom. The summed E-state index contributed by atoms with van der Waals surface area (Å²) < 4.78 is 37.4. The van der Waals surface area contributed by atoms with E-state index in [0.29, 0.717) is 17.3 Å². The van der Waals surface area contributed by atoms with E-state index in [9.17, 15) is 13.2 Å². The van der Waals surface area contributed by atoms with Gasteiger partial charge in [-0.05, 0) is 30.4 Å². The van der Waals surface area contributed by atoms with Crippen LogP contribution >= 0.6 is 39.7 Å². The molecule has 3 nitrogen and oxygen atoms in total. The van der Waals surface area contributed by atoms with Crippen molar-refractivity contribution >= 4 is 50.5 Å². The Hall–Kier alpha value is -0.730. The van der Waals surface area contributed by atoms with E-state index in [1.54, 1.807) is 0 Å². The molecule has 0 aliphatic carbocycles. The van der Waals surface area contributed by atoms with Crippen molar-refractivity contribution in [2.24, 2.45) is 0 Å². The molecule has 106 valence electrons. The average Bonchev–Trinajstić information content (AvgIpc) is 2.32. The summed E-state index contributed by atoms with van der Waals surface area (Å²) in [5.41, 5.74) is 4.78. The van der Waals surface area contributed by atoms with Crippen molar-refractivity contribution < 1.29 is 13.2 Å². The molecule has 0 unspecified atom stereocenters. The van der Waals surface area contributed by atoms with E-state index in [-0.39, 0.29) is 5.02 Å². The van der Waals surface area contributed by atoms with E-state index in [2.05, 4.69) is 32.1 Å². The number of anilines is 1. The van der Waals surface area contributed by atoms with Crippen LogP contribution < -0.4 is 16.2 Å². The molecule has 1 rings (SSSR count). The fraction of sp³-hybridized carbons (Fsp3) is 0.300. The van der Waals surface area contributed by atoms with Crippen molar-refractivity contribution in [2.45, 2.75) is 6.18 Å². The molecule has 1 aromatic rings. The van der Waals surface area contributed by atoms with Gasteiger partial charge in [-0.1, -0.05) is 27.5 Å². The first kappa shape index (κ1) is 16.3. The summed E-state index contributed by atoms with van der Waals surface area (Å²) in [7, 11) is 0. The maximum Gasteiger partial charge on any atom is 0.417 e. The molecule has 0 spiro atoms. The molecule has 1 aromatic carbocycles. The monoisotopic (exact) mass is 375 g/mol. The quantitative estimate of drug-likeness (QED) is 0.427. The molecule has 0 saturated carbocycles. The van der Waals surface area contributed by atoms with E-state index in [1.807, 2.05) is 0 Å². The molecule has 0 radical (unpaired) electrons. The number of alkyl halides is 4. The van der Waals surface area contributed by atoms with Gasteiger partial charge in [0.15, 0.2) is 5.11 Å². The van der Waals surface area contributed by atoms with Crippen molar-refractivity contribution in [1.29, 1.82) is 0 Å². The fourth-order valence-corrected chi connectivity index (χ4v) is 1.80. The summed E-state index contributed by atoms with van der Waals surface area (Å²) in [6.45, 7) is 0.626. The Kier molecular flexibility index (Phi) is 6.15. The van der Waals surface area contributed by atoms with E-state index < -0.39 is 11.7 Å². The number of thiocarbonyl (C=S) groups is 1. The van der Waals surface area contributed by atoms with Gasteiger partial charge >= 0.3 is 6.18 Å². The Labute approximate surface area is 127 Å². The molecule has 19 heavy (non-hydrogen) atoms. The second-order valence-corrected chi connectivity index (χ2v) is 5.00. The lowest BCUT2D eigenvalue weighted by atomic mass is 10.2. The summed E-state index contributed by atoms with van der Waals surface area (Å²) in [5, 5.41) is 3.53. The van der Waals surface area contributed by atoms with Gasteiger partial charge in [0.2, 0.25) is 0 Å². The zero-order valence-electron chi connectivity index (χ0n) is 9.44. The van der Waals surface area contributed by atoms with Crippen molar-refractivity contribution in [3.05, 3.63) is 28.8 Å². The van der Waals surface area contributed by atoms with Crippen LogP contribution in [0.25, 0.3) is 0 Å². The molecule has 0 saturated heterocycles. The Morgan fingerprint density at radius 2 is 2.05 bits per heavy atom. The zero-order chi connectivity index (χ0) is 14.5. The van der Waals surface area contributed by atoms with Crippen molar-refractivity contribution in [2.75, 3.05) is 17.3 Å². The van der Waals surface area contributed by atoms with Gasteiger partial charge in [0.25, 0.3) is 0 Å². The van der Waals surface area contributed by atoms with E-state index in [1.165, 1.54) is 12.1 Å². The fourth-order valence-electron chi connectivity index (χ4n) is 1.16.